The van der Waals surface area contributed by atoms with E-state index in [4.69, 9.17) is 9.47 Å². The second-order valence-corrected chi connectivity index (χ2v) is 7.59. The highest BCUT2D eigenvalue weighted by molar-refractivity contribution is 7.80. The molecule has 29 heavy (non-hydrogen) atoms. The number of thiol groups is 1. The molecule has 158 valence electrons. The number of rotatable bonds is 10. The normalized spacial score (nSPS) is 18.7. The summed E-state index contributed by atoms with van der Waals surface area (Å²) in [5.41, 5.74) is 0.615. The molecule has 0 spiro atoms. The molecular weight excluding hydrogens is 392 g/mol. The lowest BCUT2D eigenvalue weighted by atomic mass is 10.1. The fraction of sp³-hybridized carbons (Fsp3) is 0.500. The Bertz CT molecular complexity index is 782. The first-order valence-corrected chi connectivity index (χ1v) is 10.2. The van der Waals surface area contributed by atoms with Gasteiger partial charge in [-0.3, -0.25) is 9.59 Å². The van der Waals surface area contributed by atoms with Gasteiger partial charge in [0.05, 0.1) is 26.5 Å². The molecule has 2 amide bonds. The minimum Gasteiger partial charge on any atom is -0.497 e. The highest BCUT2D eigenvalue weighted by atomic mass is 32.1. The lowest BCUT2D eigenvalue weighted by molar-refractivity contribution is -0.123. The summed E-state index contributed by atoms with van der Waals surface area (Å²) < 4.78 is 10.7. The van der Waals surface area contributed by atoms with Crippen molar-refractivity contribution in [2.24, 2.45) is 5.92 Å². The van der Waals surface area contributed by atoms with Crippen LogP contribution in [0.2, 0.25) is 0 Å². The van der Waals surface area contributed by atoms with Crippen molar-refractivity contribution < 1.29 is 19.1 Å². The molecule has 3 rings (SSSR count). The molecule has 1 unspecified atom stereocenters. The van der Waals surface area contributed by atoms with Crippen molar-refractivity contribution in [2.75, 3.05) is 40.4 Å². The maximum atomic E-state index is 12.5. The lowest BCUT2D eigenvalue weighted by Crippen LogP contribution is -2.51. The van der Waals surface area contributed by atoms with Crippen LogP contribution in [0.5, 0.6) is 11.5 Å². The number of carbonyl (C=O) groups excluding carboxylic acids is 2. The van der Waals surface area contributed by atoms with E-state index in [0.717, 1.165) is 19.0 Å². The molecule has 1 aliphatic heterocycles. The van der Waals surface area contributed by atoms with Crippen molar-refractivity contribution in [1.29, 1.82) is 0 Å². The maximum absolute atomic E-state index is 12.5. The predicted molar refractivity (Wildman–Crippen MR) is 114 cm³/mol. The van der Waals surface area contributed by atoms with E-state index >= 15 is 0 Å². The second kappa shape index (κ2) is 9.89. The van der Waals surface area contributed by atoms with Gasteiger partial charge < -0.3 is 30.3 Å². The predicted octanol–water partition coefficient (Wildman–Crippen LogP) is 0.806. The summed E-state index contributed by atoms with van der Waals surface area (Å²) in [6.07, 6.45) is 4.04. The summed E-state index contributed by atoms with van der Waals surface area (Å²) in [6.45, 7) is 2.35. The van der Waals surface area contributed by atoms with Crippen molar-refractivity contribution in [3.05, 3.63) is 29.8 Å². The minimum absolute atomic E-state index is 0.0537. The SMILES string of the molecule is COc1ccc(C2=CC(=O)NC(S)N2CC(=O)NCCNCC2CC2)c(OC)c1. The maximum Gasteiger partial charge on any atom is 0.248 e. The molecule has 1 aliphatic carbocycles. The molecule has 0 saturated heterocycles. The van der Waals surface area contributed by atoms with E-state index < -0.39 is 5.50 Å². The van der Waals surface area contributed by atoms with E-state index in [1.165, 1.54) is 18.9 Å². The number of ether oxygens (including phenoxy) is 2. The molecular formula is C20H28N4O4S. The summed E-state index contributed by atoms with van der Waals surface area (Å²) in [4.78, 5) is 26.3. The van der Waals surface area contributed by atoms with Crippen LogP contribution < -0.4 is 25.4 Å². The molecule has 0 bridgehead atoms. The average molecular weight is 421 g/mol. The molecule has 1 heterocycles. The lowest BCUT2D eigenvalue weighted by Gasteiger charge is -2.35. The first kappa shape index (κ1) is 21.3. The molecule has 1 aromatic rings. The standard InChI is InChI=1S/C20H28N4O4S/c1-27-14-5-6-15(17(9-14)28-2)16-10-18(25)23-20(29)24(16)12-19(26)22-8-7-21-11-13-3-4-13/h5-6,9-10,13,20-21,29H,3-4,7-8,11-12H2,1-2H3,(H,22,26)(H,23,25). The summed E-state index contributed by atoms with van der Waals surface area (Å²) in [7, 11) is 3.12. The van der Waals surface area contributed by atoms with Crippen molar-refractivity contribution in [3.8, 4) is 11.5 Å². The van der Waals surface area contributed by atoms with E-state index in [2.05, 4.69) is 28.6 Å². The van der Waals surface area contributed by atoms with Crippen LogP contribution in [0.25, 0.3) is 5.70 Å². The van der Waals surface area contributed by atoms with E-state index in [0.29, 0.717) is 29.3 Å². The van der Waals surface area contributed by atoms with Gasteiger partial charge in [0, 0.05) is 30.8 Å². The summed E-state index contributed by atoms with van der Waals surface area (Å²) in [5, 5.41) is 8.95. The molecule has 1 fully saturated rings. The third-order valence-electron chi connectivity index (χ3n) is 4.90. The number of hydrogen-bond acceptors (Lipinski definition) is 7. The van der Waals surface area contributed by atoms with E-state index in [1.54, 1.807) is 37.3 Å². The smallest absolute Gasteiger partial charge is 0.248 e. The van der Waals surface area contributed by atoms with Crippen molar-refractivity contribution in [1.82, 2.24) is 20.9 Å². The summed E-state index contributed by atoms with van der Waals surface area (Å²) >= 11 is 4.45. The Morgan fingerprint density at radius 3 is 2.76 bits per heavy atom. The van der Waals surface area contributed by atoms with Gasteiger partial charge in [0.25, 0.3) is 0 Å². The number of amides is 2. The molecule has 2 aliphatic rings. The number of carbonyl (C=O) groups is 2. The van der Waals surface area contributed by atoms with Gasteiger partial charge in [-0.2, -0.15) is 0 Å². The number of methoxy groups -OCH3 is 2. The zero-order valence-electron chi connectivity index (χ0n) is 16.7. The molecule has 1 aromatic carbocycles. The van der Waals surface area contributed by atoms with E-state index in [-0.39, 0.29) is 18.4 Å². The zero-order chi connectivity index (χ0) is 20.8. The van der Waals surface area contributed by atoms with Crippen LogP contribution in [-0.2, 0) is 9.59 Å². The van der Waals surface area contributed by atoms with Crippen LogP contribution in [0.3, 0.4) is 0 Å². The molecule has 0 aromatic heterocycles. The summed E-state index contributed by atoms with van der Waals surface area (Å²) in [5.74, 6) is 1.56. The van der Waals surface area contributed by atoms with Gasteiger partial charge in [0.15, 0.2) is 0 Å². The third-order valence-corrected chi connectivity index (χ3v) is 5.30. The molecule has 9 heteroatoms. The highest BCUT2D eigenvalue weighted by Crippen LogP contribution is 2.34. The Morgan fingerprint density at radius 1 is 1.28 bits per heavy atom. The monoisotopic (exact) mass is 420 g/mol. The van der Waals surface area contributed by atoms with Crippen molar-refractivity contribution in [2.45, 2.75) is 18.3 Å². The van der Waals surface area contributed by atoms with Crippen LogP contribution >= 0.6 is 12.6 Å². The highest BCUT2D eigenvalue weighted by Gasteiger charge is 2.29. The third kappa shape index (κ3) is 5.80. The Hall–Kier alpha value is -2.39. The van der Waals surface area contributed by atoms with Gasteiger partial charge >= 0.3 is 0 Å². The summed E-state index contributed by atoms with van der Waals surface area (Å²) in [6, 6.07) is 5.32. The van der Waals surface area contributed by atoms with E-state index in [9.17, 15) is 9.59 Å². The van der Waals surface area contributed by atoms with Crippen molar-refractivity contribution >= 4 is 30.1 Å². The molecule has 3 N–H and O–H groups in total. The van der Waals surface area contributed by atoms with Crippen LogP contribution in [0.1, 0.15) is 18.4 Å². The number of nitrogens with zero attached hydrogens (tertiary/aromatic N) is 1. The minimum atomic E-state index is -0.631. The molecule has 8 nitrogen and oxygen atoms in total. The molecule has 1 saturated carbocycles. The number of nitrogens with one attached hydrogen (secondary N) is 3. The van der Waals surface area contributed by atoms with Crippen molar-refractivity contribution in [3.63, 3.8) is 0 Å². The first-order valence-electron chi connectivity index (χ1n) is 9.68. The van der Waals surface area contributed by atoms with Gasteiger partial charge in [-0.1, -0.05) is 0 Å². The fourth-order valence-electron chi connectivity index (χ4n) is 3.13. The van der Waals surface area contributed by atoms with Gasteiger partial charge in [0.1, 0.15) is 17.0 Å². The van der Waals surface area contributed by atoms with Gasteiger partial charge in [-0.05, 0) is 37.4 Å². The van der Waals surface area contributed by atoms with Crippen LogP contribution in [-0.4, -0.2) is 62.6 Å². The Labute approximate surface area is 176 Å². The second-order valence-electron chi connectivity index (χ2n) is 7.10. The fourth-order valence-corrected chi connectivity index (χ4v) is 3.46. The quantitative estimate of drug-likeness (QED) is 0.331. The van der Waals surface area contributed by atoms with Gasteiger partial charge in [0.2, 0.25) is 11.8 Å². The molecule has 0 radical (unpaired) electrons. The largest absolute Gasteiger partial charge is 0.497 e. The zero-order valence-corrected chi connectivity index (χ0v) is 17.6. The van der Waals surface area contributed by atoms with Gasteiger partial charge in [-0.25, -0.2) is 0 Å². The Morgan fingerprint density at radius 2 is 2.07 bits per heavy atom. The topological polar surface area (TPSA) is 91.9 Å². The molecule has 1 atom stereocenters. The average Bonchev–Trinajstić information content (AvgIpc) is 3.53. The van der Waals surface area contributed by atoms with Gasteiger partial charge in [-0.15, -0.1) is 12.6 Å². The van der Waals surface area contributed by atoms with Crippen LogP contribution in [0.15, 0.2) is 24.3 Å². The number of benzene rings is 1. The van der Waals surface area contributed by atoms with E-state index in [1.807, 2.05) is 0 Å². The Balaban J connectivity index is 1.67. The Kier molecular flexibility index (Phi) is 7.27. The first-order chi connectivity index (χ1) is 14.0. The van der Waals surface area contributed by atoms with Crippen LogP contribution in [0.4, 0.5) is 0 Å². The van der Waals surface area contributed by atoms with Crippen LogP contribution in [0, 0.1) is 5.92 Å². The number of hydrogen-bond donors (Lipinski definition) is 4.